The number of fused-ring (bicyclic) bond motifs is 1. The van der Waals surface area contributed by atoms with Crippen LogP contribution in [-0.4, -0.2) is 42.1 Å². The van der Waals surface area contributed by atoms with Gasteiger partial charge in [0.25, 0.3) is 0 Å². The van der Waals surface area contributed by atoms with E-state index in [0.717, 1.165) is 49.5 Å². The van der Waals surface area contributed by atoms with Gasteiger partial charge in [-0.3, -0.25) is 9.69 Å². The van der Waals surface area contributed by atoms with Gasteiger partial charge >= 0.3 is 0 Å². The van der Waals surface area contributed by atoms with E-state index in [-0.39, 0.29) is 5.91 Å². The van der Waals surface area contributed by atoms with E-state index in [0.29, 0.717) is 12.7 Å². The highest BCUT2D eigenvalue weighted by atomic mass is 35.5. The van der Waals surface area contributed by atoms with Crippen LogP contribution in [-0.2, 0) is 17.6 Å². The van der Waals surface area contributed by atoms with Crippen molar-refractivity contribution in [2.75, 3.05) is 24.7 Å². The molecule has 2 aliphatic heterocycles. The second kappa shape index (κ2) is 7.09. The van der Waals surface area contributed by atoms with Crippen LogP contribution >= 0.6 is 11.6 Å². The Kier molecular flexibility index (Phi) is 4.56. The first-order valence-corrected chi connectivity index (χ1v) is 10.7. The molecule has 1 unspecified atom stereocenters. The van der Waals surface area contributed by atoms with Gasteiger partial charge in [0.2, 0.25) is 5.91 Å². The maximum atomic E-state index is 12.8. The molecule has 1 aliphatic carbocycles. The predicted molar refractivity (Wildman–Crippen MR) is 113 cm³/mol. The Bertz CT molecular complexity index is 877. The molecule has 4 nitrogen and oxygen atoms in total. The van der Waals surface area contributed by atoms with Crippen molar-refractivity contribution in [1.29, 1.82) is 0 Å². The number of piperidine rings is 1. The predicted octanol–water partition coefficient (Wildman–Crippen LogP) is 3.63. The number of nitrogens with one attached hydrogen (secondary N) is 1. The summed E-state index contributed by atoms with van der Waals surface area (Å²) < 4.78 is 0. The molecule has 1 amide bonds. The maximum Gasteiger partial charge on any atom is 0.247 e. The standard InChI is InChI=1S/C23H26ClN3O/c24-19-8-6-18-15-21(9-7-17(18)14-19)26-12-10-23(11-13-26)22(28)25-16-27(23)20-4-2-1-3-5-20/h1-6,8,14,21H,7,9-13,15-16H2,(H,25,28). The molecule has 5 heteroatoms. The summed E-state index contributed by atoms with van der Waals surface area (Å²) in [6.07, 6.45) is 5.14. The molecule has 5 rings (SSSR count). The minimum absolute atomic E-state index is 0.194. The Morgan fingerprint density at radius 1 is 1.04 bits per heavy atom. The third-order valence-corrected chi connectivity index (χ3v) is 7.15. The van der Waals surface area contributed by atoms with Crippen LogP contribution in [0.4, 0.5) is 5.69 Å². The summed E-state index contributed by atoms with van der Waals surface area (Å²) >= 11 is 6.16. The summed E-state index contributed by atoms with van der Waals surface area (Å²) in [5, 5.41) is 3.94. The molecule has 2 aromatic rings. The van der Waals surface area contributed by atoms with E-state index in [9.17, 15) is 4.79 Å². The molecule has 2 heterocycles. The number of amides is 1. The molecule has 2 fully saturated rings. The van der Waals surface area contributed by atoms with Crippen LogP contribution in [0.5, 0.6) is 0 Å². The first-order valence-electron chi connectivity index (χ1n) is 10.3. The van der Waals surface area contributed by atoms with Gasteiger partial charge in [0, 0.05) is 29.8 Å². The molecule has 3 aliphatic rings. The summed E-state index contributed by atoms with van der Waals surface area (Å²) in [5.74, 6) is 0.194. The molecule has 1 N–H and O–H groups in total. The lowest BCUT2D eigenvalue weighted by atomic mass is 9.82. The molecular weight excluding hydrogens is 370 g/mol. The van der Waals surface area contributed by atoms with Crippen molar-refractivity contribution < 1.29 is 4.79 Å². The van der Waals surface area contributed by atoms with Crippen molar-refractivity contribution >= 4 is 23.2 Å². The van der Waals surface area contributed by atoms with Crippen molar-refractivity contribution in [3.05, 3.63) is 64.7 Å². The summed E-state index contributed by atoms with van der Waals surface area (Å²) in [4.78, 5) is 17.7. The second-order valence-corrected chi connectivity index (χ2v) is 8.74. The van der Waals surface area contributed by atoms with Gasteiger partial charge in [-0.15, -0.1) is 0 Å². The number of nitrogens with zero attached hydrogens (tertiary/aromatic N) is 2. The van der Waals surface area contributed by atoms with Crippen LogP contribution in [0.25, 0.3) is 0 Å². The third kappa shape index (κ3) is 2.99. The van der Waals surface area contributed by atoms with E-state index < -0.39 is 5.54 Å². The highest BCUT2D eigenvalue weighted by Gasteiger charge is 2.50. The number of hydrogen-bond acceptors (Lipinski definition) is 3. The van der Waals surface area contributed by atoms with Gasteiger partial charge in [0.1, 0.15) is 5.54 Å². The van der Waals surface area contributed by atoms with Crippen LogP contribution in [0.3, 0.4) is 0 Å². The van der Waals surface area contributed by atoms with Gasteiger partial charge < -0.3 is 10.2 Å². The fourth-order valence-corrected chi connectivity index (χ4v) is 5.50. The summed E-state index contributed by atoms with van der Waals surface area (Å²) in [6, 6.07) is 17.2. The zero-order chi connectivity index (χ0) is 19.1. The number of hydrogen-bond donors (Lipinski definition) is 1. The normalized spacial score (nSPS) is 24.2. The lowest BCUT2D eigenvalue weighted by Crippen LogP contribution is -2.58. The topological polar surface area (TPSA) is 35.6 Å². The zero-order valence-electron chi connectivity index (χ0n) is 16.0. The monoisotopic (exact) mass is 395 g/mol. The molecule has 0 radical (unpaired) electrons. The molecule has 1 atom stereocenters. The van der Waals surface area contributed by atoms with Crippen LogP contribution in [0.15, 0.2) is 48.5 Å². The molecule has 0 aromatic heterocycles. The average molecular weight is 396 g/mol. The van der Waals surface area contributed by atoms with E-state index in [1.54, 1.807) is 0 Å². The molecule has 28 heavy (non-hydrogen) atoms. The number of benzene rings is 2. The van der Waals surface area contributed by atoms with Gasteiger partial charge in [-0.05, 0) is 67.5 Å². The Hall–Kier alpha value is -2.04. The summed E-state index contributed by atoms with van der Waals surface area (Å²) in [6.45, 7) is 2.56. The highest BCUT2D eigenvalue weighted by Crippen LogP contribution is 2.38. The molecule has 146 valence electrons. The van der Waals surface area contributed by atoms with Crippen molar-refractivity contribution in [2.24, 2.45) is 0 Å². The van der Waals surface area contributed by atoms with Crippen molar-refractivity contribution in [3.63, 3.8) is 0 Å². The lowest BCUT2D eigenvalue weighted by Gasteiger charge is -2.46. The summed E-state index contributed by atoms with van der Waals surface area (Å²) in [7, 11) is 0. The van der Waals surface area contributed by atoms with E-state index in [4.69, 9.17) is 11.6 Å². The van der Waals surface area contributed by atoms with Gasteiger partial charge in [0.15, 0.2) is 0 Å². The maximum absolute atomic E-state index is 12.8. The number of anilines is 1. The number of para-hydroxylation sites is 1. The SMILES string of the molecule is O=C1NCN(c2ccccc2)C12CCN(C1CCc3cc(Cl)ccc3C1)CC2. The van der Waals surface area contributed by atoms with Crippen molar-refractivity contribution in [3.8, 4) is 0 Å². The van der Waals surface area contributed by atoms with E-state index in [1.807, 2.05) is 24.3 Å². The average Bonchev–Trinajstić information content (AvgIpc) is 3.04. The van der Waals surface area contributed by atoms with Crippen molar-refractivity contribution in [2.45, 2.75) is 43.7 Å². The number of carbonyl (C=O) groups is 1. The minimum Gasteiger partial charge on any atom is -0.339 e. The minimum atomic E-state index is -0.391. The highest BCUT2D eigenvalue weighted by molar-refractivity contribution is 6.30. The van der Waals surface area contributed by atoms with Crippen molar-refractivity contribution in [1.82, 2.24) is 10.2 Å². The lowest BCUT2D eigenvalue weighted by molar-refractivity contribution is -0.125. The smallest absolute Gasteiger partial charge is 0.247 e. The van der Waals surface area contributed by atoms with Gasteiger partial charge in [-0.1, -0.05) is 35.9 Å². The Morgan fingerprint density at radius 3 is 2.61 bits per heavy atom. The summed E-state index contributed by atoms with van der Waals surface area (Å²) in [5.41, 5.74) is 3.59. The van der Waals surface area contributed by atoms with Gasteiger partial charge in [0.05, 0.1) is 6.67 Å². The van der Waals surface area contributed by atoms with Gasteiger partial charge in [-0.2, -0.15) is 0 Å². The van der Waals surface area contributed by atoms with E-state index in [1.165, 1.54) is 17.5 Å². The van der Waals surface area contributed by atoms with E-state index >= 15 is 0 Å². The second-order valence-electron chi connectivity index (χ2n) is 8.30. The number of halogens is 1. The van der Waals surface area contributed by atoms with Crippen LogP contribution in [0.2, 0.25) is 5.02 Å². The van der Waals surface area contributed by atoms with Crippen LogP contribution in [0, 0.1) is 0 Å². The number of carbonyl (C=O) groups excluding carboxylic acids is 1. The molecular formula is C23H26ClN3O. The molecule has 2 aromatic carbocycles. The quantitative estimate of drug-likeness (QED) is 0.843. The third-order valence-electron chi connectivity index (χ3n) is 6.92. The van der Waals surface area contributed by atoms with Gasteiger partial charge in [-0.25, -0.2) is 0 Å². The largest absolute Gasteiger partial charge is 0.339 e. The number of aryl methyl sites for hydroxylation is 1. The van der Waals surface area contributed by atoms with Crippen LogP contribution in [0.1, 0.15) is 30.4 Å². The zero-order valence-corrected chi connectivity index (χ0v) is 16.8. The number of likely N-dealkylation sites (tertiary alicyclic amines) is 1. The number of rotatable bonds is 2. The molecule has 0 bridgehead atoms. The first kappa shape index (κ1) is 18.0. The molecule has 1 spiro atoms. The van der Waals surface area contributed by atoms with E-state index in [2.05, 4.69) is 39.4 Å². The van der Waals surface area contributed by atoms with Crippen LogP contribution < -0.4 is 10.2 Å². The Balaban J connectivity index is 1.31. The Morgan fingerprint density at radius 2 is 1.82 bits per heavy atom. The fraction of sp³-hybridized carbons (Fsp3) is 0.435. The molecule has 2 saturated heterocycles. The first-order chi connectivity index (χ1) is 13.7. The Labute approximate surface area is 171 Å². The molecule has 0 saturated carbocycles. The fourth-order valence-electron chi connectivity index (χ4n) is 5.31.